The lowest BCUT2D eigenvalue weighted by molar-refractivity contribution is 0.215. The van der Waals surface area contributed by atoms with E-state index < -0.39 is 6.09 Å². The molecule has 1 N–H and O–H groups in total. The lowest BCUT2D eigenvalue weighted by Crippen LogP contribution is -2.16. The summed E-state index contributed by atoms with van der Waals surface area (Å²) in [4.78, 5) is 11.7. The van der Waals surface area contributed by atoms with E-state index in [-0.39, 0.29) is 0 Å². The third-order valence-corrected chi connectivity index (χ3v) is 2.75. The maximum absolute atomic E-state index is 11.7. The van der Waals surface area contributed by atoms with Crippen molar-refractivity contribution < 1.29 is 9.53 Å². The van der Waals surface area contributed by atoms with Crippen molar-refractivity contribution in [2.45, 2.75) is 19.8 Å². The topological polar surface area (TPSA) is 38.3 Å². The van der Waals surface area contributed by atoms with Crippen LogP contribution in [-0.4, -0.2) is 6.09 Å². The van der Waals surface area contributed by atoms with Crippen molar-refractivity contribution >= 4 is 11.8 Å². The summed E-state index contributed by atoms with van der Waals surface area (Å²) in [6.07, 6.45) is -0.480. The van der Waals surface area contributed by atoms with Crippen LogP contribution in [0.15, 0.2) is 54.6 Å². The Morgan fingerprint density at radius 1 is 1.05 bits per heavy atom. The number of rotatable bonds is 3. The molecule has 0 unspecified atom stereocenters. The summed E-state index contributed by atoms with van der Waals surface area (Å²) in [5.74, 6) is 0.951. The highest BCUT2D eigenvalue weighted by Crippen LogP contribution is 2.19. The van der Waals surface area contributed by atoms with Crippen LogP contribution in [0, 0.1) is 0 Å². The second-order valence-corrected chi connectivity index (χ2v) is 4.61. The van der Waals surface area contributed by atoms with E-state index in [4.69, 9.17) is 4.74 Å². The molecule has 1 amide bonds. The molecule has 0 saturated heterocycles. The normalized spacial score (nSPS) is 10.3. The van der Waals surface area contributed by atoms with Crippen molar-refractivity contribution in [1.82, 2.24) is 0 Å². The van der Waals surface area contributed by atoms with Crippen molar-refractivity contribution in [2.75, 3.05) is 5.32 Å². The lowest BCUT2D eigenvalue weighted by Gasteiger charge is -2.09. The Balaban J connectivity index is 2.01. The monoisotopic (exact) mass is 255 g/mol. The van der Waals surface area contributed by atoms with Crippen LogP contribution in [0.3, 0.4) is 0 Å². The minimum Gasteiger partial charge on any atom is -0.410 e. The maximum Gasteiger partial charge on any atom is 0.417 e. The van der Waals surface area contributed by atoms with Gasteiger partial charge in [-0.25, -0.2) is 4.79 Å². The Bertz CT molecular complexity index is 550. The van der Waals surface area contributed by atoms with Gasteiger partial charge in [-0.05, 0) is 35.7 Å². The molecule has 3 heteroatoms. The fourth-order valence-electron chi connectivity index (χ4n) is 1.71. The largest absolute Gasteiger partial charge is 0.417 e. The third kappa shape index (κ3) is 3.85. The third-order valence-electron chi connectivity index (χ3n) is 2.75. The van der Waals surface area contributed by atoms with Gasteiger partial charge in [0.25, 0.3) is 0 Å². The number of anilines is 1. The number of hydrogen-bond donors (Lipinski definition) is 1. The highest BCUT2D eigenvalue weighted by atomic mass is 16.6. The van der Waals surface area contributed by atoms with Crippen LogP contribution in [0.5, 0.6) is 5.75 Å². The van der Waals surface area contributed by atoms with Crippen molar-refractivity contribution in [3.8, 4) is 5.75 Å². The Morgan fingerprint density at radius 2 is 1.79 bits per heavy atom. The lowest BCUT2D eigenvalue weighted by atomic mass is 10.0. The Labute approximate surface area is 113 Å². The molecule has 0 aliphatic heterocycles. The number of nitrogens with one attached hydrogen (secondary N) is 1. The van der Waals surface area contributed by atoms with E-state index in [0.717, 1.165) is 5.69 Å². The van der Waals surface area contributed by atoms with Crippen LogP contribution in [0.2, 0.25) is 0 Å². The quantitative estimate of drug-likeness (QED) is 0.881. The SMILES string of the molecule is CC(C)c1cccc(NC(=O)Oc2ccccc2)c1. The van der Waals surface area contributed by atoms with Crippen molar-refractivity contribution in [1.29, 1.82) is 0 Å². The van der Waals surface area contributed by atoms with E-state index in [2.05, 4.69) is 19.2 Å². The van der Waals surface area contributed by atoms with Gasteiger partial charge >= 0.3 is 6.09 Å². The number of amides is 1. The fourth-order valence-corrected chi connectivity index (χ4v) is 1.71. The second-order valence-electron chi connectivity index (χ2n) is 4.61. The first-order valence-corrected chi connectivity index (χ1v) is 6.29. The summed E-state index contributed by atoms with van der Waals surface area (Å²) in [6.45, 7) is 4.23. The molecule has 0 atom stereocenters. The molecule has 2 aromatic rings. The highest BCUT2D eigenvalue weighted by molar-refractivity contribution is 5.86. The molecule has 0 aliphatic carbocycles. The van der Waals surface area contributed by atoms with Gasteiger partial charge in [0.05, 0.1) is 0 Å². The Kier molecular flexibility index (Phi) is 4.18. The van der Waals surface area contributed by atoms with Crippen molar-refractivity contribution in [2.24, 2.45) is 0 Å². The van der Waals surface area contributed by atoms with Gasteiger partial charge in [0.2, 0.25) is 0 Å². The van der Waals surface area contributed by atoms with Crippen LogP contribution in [-0.2, 0) is 0 Å². The smallest absolute Gasteiger partial charge is 0.410 e. The molecule has 0 heterocycles. The fraction of sp³-hybridized carbons (Fsp3) is 0.188. The zero-order valence-electron chi connectivity index (χ0n) is 11.1. The van der Waals surface area contributed by atoms with Crippen LogP contribution in [0.1, 0.15) is 25.3 Å². The molecule has 19 heavy (non-hydrogen) atoms. The first-order chi connectivity index (χ1) is 9.15. The van der Waals surface area contributed by atoms with E-state index >= 15 is 0 Å². The van der Waals surface area contributed by atoms with E-state index in [1.54, 1.807) is 12.1 Å². The number of para-hydroxylation sites is 1. The predicted molar refractivity (Wildman–Crippen MR) is 76.6 cm³/mol. The maximum atomic E-state index is 11.7. The molecule has 0 saturated carbocycles. The molecular weight excluding hydrogens is 238 g/mol. The summed E-state index contributed by atoms with van der Waals surface area (Å²) < 4.78 is 5.17. The van der Waals surface area contributed by atoms with Crippen molar-refractivity contribution in [3.63, 3.8) is 0 Å². The molecule has 0 spiro atoms. The van der Waals surface area contributed by atoms with E-state index in [9.17, 15) is 4.79 Å². The summed E-state index contributed by atoms with van der Waals surface area (Å²) in [7, 11) is 0. The van der Waals surface area contributed by atoms with Gasteiger partial charge in [0, 0.05) is 5.69 Å². The molecular formula is C16H17NO2. The van der Waals surface area contributed by atoms with Gasteiger partial charge in [0.15, 0.2) is 0 Å². The number of hydrogen-bond acceptors (Lipinski definition) is 2. The molecule has 0 bridgehead atoms. The van der Waals surface area contributed by atoms with Crippen LogP contribution in [0.25, 0.3) is 0 Å². The van der Waals surface area contributed by atoms with Gasteiger partial charge in [-0.2, -0.15) is 0 Å². The van der Waals surface area contributed by atoms with E-state index in [1.807, 2.05) is 42.5 Å². The molecule has 2 rings (SSSR count). The number of benzene rings is 2. The summed E-state index contributed by atoms with van der Waals surface area (Å²) >= 11 is 0. The average molecular weight is 255 g/mol. The van der Waals surface area contributed by atoms with E-state index in [1.165, 1.54) is 5.56 Å². The highest BCUT2D eigenvalue weighted by Gasteiger charge is 2.06. The number of carbonyl (C=O) groups excluding carboxylic acids is 1. The number of carbonyl (C=O) groups is 1. The minimum absolute atomic E-state index is 0.423. The van der Waals surface area contributed by atoms with Crippen LogP contribution in [0.4, 0.5) is 10.5 Å². The zero-order chi connectivity index (χ0) is 13.7. The molecule has 2 aromatic carbocycles. The molecule has 3 nitrogen and oxygen atoms in total. The minimum atomic E-state index is -0.480. The first-order valence-electron chi connectivity index (χ1n) is 6.29. The van der Waals surface area contributed by atoms with Gasteiger partial charge in [-0.15, -0.1) is 0 Å². The molecule has 0 fully saturated rings. The average Bonchev–Trinajstić information content (AvgIpc) is 2.40. The Hall–Kier alpha value is -2.29. The summed E-state index contributed by atoms with van der Waals surface area (Å²) in [6, 6.07) is 16.8. The van der Waals surface area contributed by atoms with Crippen molar-refractivity contribution in [3.05, 3.63) is 60.2 Å². The Morgan fingerprint density at radius 3 is 2.47 bits per heavy atom. The van der Waals surface area contributed by atoms with Gasteiger partial charge < -0.3 is 4.74 Å². The van der Waals surface area contributed by atoms with E-state index in [0.29, 0.717) is 11.7 Å². The molecule has 98 valence electrons. The second kappa shape index (κ2) is 6.05. The van der Waals surface area contributed by atoms with Crippen LogP contribution < -0.4 is 10.1 Å². The molecule has 0 aromatic heterocycles. The van der Waals surface area contributed by atoms with Gasteiger partial charge in [-0.3, -0.25) is 5.32 Å². The summed E-state index contributed by atoms with van der Waals surface area (Å²) in [5, 5.41) is 2.72. The standard InChI is InChI=1S/C16H17NO2/c1-12(2)13-7-6-8-14(11-13)17-16(18)19-15-9-4-3-5-10-15/h3-12H,1-2H3,(H,17,18). The van der Waals surface area contributed by atoms with Gasteiger partial charge in [0.1, 0.15) is 5.75 Å². The number of ether oxygens (including phenoxy) is 1. The molecule has 0 radical (unpaired) electrons. The summed E-state index contributed by atoms with van der Waals surface area (Å²) in [5.41, 5.74) is 1.92. The predicted octanol–water partition coefficient (Wildman–Crippen LogP) is 4.42. The van der Waals surface area contributed by atoms with Gasteiger partial charge in [-0.1, -0.05) is 44.2 Å². The first kappa shape index (κ1) is 13.1. The molecule has 0 aliphatic rings. The van der Waals surface area contributed by atoms with Crippen LogP contribution >= 0.6 is 0 Å². The zero-order valence-corrected chi connectivity index (χ0v) is 11.1.